The van der Waals surface area contributed by atoms with Crippen molar-refractivity contribution in [1.29, 1.82) is 0 Å². The minimum Gasteiger partial charge on any atom is -0.494 e. The maximum atomic E-state index is 12.6. The van der Waals surface area contributed by atoms with E-state index in [2.05, 4.69) is 0 Å². The molecule has 6 nitrogen and oxygen atoms in total. The van der Waals surface area contributed by atoms with Crippen molar-refractivity contribution in [3.05, 3.63) is 22.7 Å². The normalized spacial score (nSPS) is 14.9. The van der Waals surface area contributed by atoms with Crippen LogP contribution < -0.4 is 9.88 Å². The Labute approximate surface area is 128 Å². The lowest BCUT2D eigenvalue weighted by Gasteiger charge is -2.22. The molecule has 0 spiro atoms. The zero-order chi connectivity index (χ0) is 15.8. The molecule has 1 fully saturated rings. The van der Waals surface area contributed by atoms with Crippen LogP contribution in [0.2, 0.25) is 5.02 Å². The molecule has 21 heavy (non-hydrogen) atoms. The number of amides is 1. The second-order valence-corrected chi connectivity index (χ2v) is 6.82. The smallest absolute Gasteiger partial charge is 0.257 e. The fourth-order valence-corrected chi connectivity index (χ4v) is 3.28. The van der Waals surface area contributed by atoms with Gasteiger partial charge in [-0.15, -0.1) is 0 Å². The zero-order valence-electron chi connectivity index (χ0n) is 11.8. The van der Waals surface area contributed by atoms with Crippen LogP contribution in [0.15, 0.2) is 17.0 Å². The summed E-state index contributed by atoms with van der Waals surface area (Å²) < 4.78 is 28.4. The number of hydrogen-bond acceptors (Lipinski definition) is 4. The van der Waals surface area contributed by atoms with E-state index in [1.807, 2.05) is 6.92 Å². The van der Waals surface area contributed by atoms with Crippen LogP contribution in [-0.4, -0.2) is 38.9 Å². The van der Waals surface area contributed by atoms with E-state index in [1.165, 1.54) is 19.2 Å². The van der Waals surface area contributed by atoms with Crippen LogP contribution in [0, 0.1) is 0 Å². The molecule has 0 heterocycles. The Bertz CT molecular complexity index is 671. The van der Waals surface area contributed by atoms with Crippen molar-refractivity contribution in [2.45, 2.75) is 30.7 Å². The van der Waals surface area contributed by atoms with Gasteiger partial charge in [0.25, 0.3) is 5.91 Å². The fraction of sp³-hybridized carbons (Fsp3) is 0.462. The van der Waals surface area contributed by atoms with Crippen LogP contribution in [0.1, 0.15) is 30.1 Å². The van der Waals surface area contributed by atoms with Gasteiger partial charge in [-0.2, -0.15) is 0 Å². The van der Waals surface area contributed by atoms with E-state index >= 15 is 0 Å². The van der Waals surface area contributed by atoms with Crippen LogP contribution in [0.3, 0.4) is 0 Å². The van der Waals surface area contributed by atoms with Gasteiger partial charge in [0.15, 0.2) is 5.75 Å². The summed E-state index contributed by atoms with van der Waals surface area (Å²) in [4.78, 5) is 14.0. The molecule has 1 aromatic carbocycles. The first-order chi connectivity index (χ1) is 9.79. The largest absolute Gasteiger partial charge is 0.494 e. The molecule has 1 amide bonds. The Balaban J connectivity index is 2.57. The summed E-state index contributed by atoms with van der Waals surface area (Å²) in [6.07, 6.45) is 1.90. The van der Waals surface area contributed by atoms with Crippen molar-refractivity contribution in [3.8, 4) is 5.75 Å². The number of primary sulfonamides is 1. The van der Waals surface area contributed by atoms with Crippen molar-refractivity contribution in [1.82, 2.24) is 4.90 Å². The summed E-state index contributed by atoms with van der Waals surface area (Å²) in [5.74, 6) is -0.366. The second kappa shape index (κ2) is 5.82. The quantitative estimate of drug-likeness (QED) is 0.887. The number of carbonyl (C=O) groups is 1. The molecule has 2 rings (SSSR count). The van der Waals surface area contributed by atoms with Crippen molar-refractivity contribution in [2.75, 3.05) is 13.7 Å². The van der Waals surface area contributed by atoms with Crippen LogP contribution in [0.5, 0.6) is 5.75 Å². The van der Waals surface area contributed by atoms with Gasteiger partial charge in [0, 0.05) is 17.6 Å². The number of ether oxygens (including phenoxy) is 1. The fourth-order valence-electron chi connectivity index (χ4n) is 2.26. The van der Waals surface area contributed by atoms with Crippen LogP contribution in [-0.2, 0) is 10.0 Å². The molecule has 8 heteroatoms. The topological polar surface area (TPSA) is 89.7 Å². The molecule has 0 aromatic heterocycles. The Morgan fingerprint density at radius 1 is 1.48 bits per heavy atom. The predicted molar refractivity (Wildman–Crippen MR) is 79.1 cm³/mol. The summed E-state index contributed by atoms with van der Waals surface area (Å²) in [7, 11) is -2.75. The molecular weight excluding hydrogens is 316 g/mol. The van der Waals surface area contributed by atoms with Gasteiger partial charge >= 0.3 is 0 Å². The molecule has 116 valence electrons. The molecule has 0 unspecified atom stereocenters. The number of nitrogens with zero attached hydrogens (tertiary/aromatic N) is 1. The molecule has 0 radical (unpaired) electrons. The Hall–Kier alpha value is -1.31. The van der Waals surface area contributed by atoms with Gasteiger partial charge in [-0.25, -0.2) is 13.6 Å². The average Bonchev–Trinajstić information content (AvgIpc) is 3.22. The lowest BCUT2D eigenvalue weighted by atomic mass is 10.1. The molecule has 1 aliphatic carbocycles. The summed E-state index contributed by atoms with van der Waals surface area (Å²) in [6, 6.07) is 2.78. The van der Waals surface area contributed by atoms with Gasteiger partial charge in [-0.05, 0) is 31.9 Å². The first-order valence-corrected chi connectivity index (χ1v) is 8.43. The van der Waals surface area contributed by atoms with Gasteiger partial charge in [0.05, 0.1) is 12.7 Å². The number of benzene rings is 1. The van der Waals surface area contributed by atoms with Gasteiger partial charge < -0.3 is 9.64 Å². The third-order valence-electron chi connectivity index (χ3n) is 3.35. The Morgan fingerprint density at radius 2 is 2.10 bits per heavy atom. The summed E-state index contributed by atoms with van der Waals surface area (Å²) >= 11 is 5.93. The van der Waals surface area contributed by atoms with E-state index in [-0.39, 0.29) is 33.2 Å². The SMILES string of the molecule is CCN(C(=O)c1cc(Cl)cc(S(N)(=O)=O)c1OC)C1CC1. The maximum Gasteiger partial charge on any atom is 0.257 e. The lowest BCUT2D eigenvalue weighted by Crippen LogP contribution is -2.33. The van der Waals surface area contributed by atoms with E-state index in [1.54, 1.807) is 4.90 Å². The molecule has 0 atom stereocenters. The van der Waals surface area contributed by atoms with Gasteiger partial charge in [-0.3, -0.25) is 4.79 Å². The van der Waals surface area contributed by atoms with Gasteiger partial charge in [0.2, 0.25) is 10.0 Å². The third kappa shape index (κ3) is 3.30. The minimum absolute atomic E-state index is 0.0639. The lowest BCUT2D eigenvalue weighted by molar-refractivity contribution is 0.0748. The highest BCUT2D eigenvalue weighted by Gasteiger charge is 2.34. The summed E-state index contributed by atoms with van der Waals surface area (Å²) in [5, 5.41) is 5.28. The highest BCUT2D eigenvalue weighted by atomic mass is 35.5. The molecule has 0 bridgehead atoms. The first-order valence-electron chi connectivity index (χ1n) is 6.50. The molecule has 2 N–H and O–H groups in total. The van der Waals surface area contributed by atoms with Gasteiger partial charge in [0.1, 0.15) is 4.90 Å². The van der Waals surface area contributed by atoms with Crippen molar-refractivity contribution in [3.63, 3.8) is 0 Å². The van der Waals surface area contributed by atoms with E-state index in [0.29, 0.717) is 6.54 Å². The average molecular weight is 333 g/mol. The van der Waals surface area contributed by atoms with E-state index in [4.69, 9.17) is 21.5 Å². The number of halogens is 1. The number of sulfonamides is 1. The third-order valence-corrected chi connectivity index (χ3v) is 4.48. The van der Waals surface area contributed by atoms with Crippen LogP contribution >= 0.6 is 11.6 Å². The Kier molecular flexibility index (Phi) is 4.46. The number of carbonyl (C=O) groups excluding carboxylic acids is 1. The Morgan fingerprint density at radius 3 is 2.52 bits per heavy atom. The minimum atomic E-state index is -4.04. The molecule has 0 aliphatic heterocycles. The zero-order valence-corrected chi connectivity index (χ0v) is 13.4. The highest BCUT2D eigenvalue weighted by Crippen LogP contribution is 2.34. The second-order valence-electron chi connectivity index (χ2n) is 4.85. The summed E-state index contributed by atoms with van der Waals surface area (Å²) in [6.45, 7) is 2.40. The standard InChI is InChI=1S/C13H17ClN2O4S/c1-3-16(9-4-5-9)13(17)10-6-8(14)7-11(12(10)20-2)21(15,18)19/h6-7,9H,3-5H2,1-2H3,(H2,15,18,19). The van der Waals surface area contributed by atoms with Crippen molar-refractivity contribution in [2.24, 2.45) is 5.14 Å². The van der Waals surface area contributed by atoms with Crippen molar-refractivity contribution >= 4 is 27.5 Å². The maximum absolute atomic E-state index is 12.6. The monoisotopic (exact) mass is 332 g/mol. The molecule has 1 saturated carbocycles. The predicted octanol–water partition coefficient (Wildman–Crippen LogP) is 1.62. The van der Waals surface area contributed by atoms with Crippen LogP contribution in [0.25, 0.3) is 0 Å². The number of nitrogens with two attached hydrogens (primary N) is 1. The molecule has 0 saturated heterocycles. The number of rotatable bonds is 5. The van der Waals surface area contributed by atoms with E-state index in [9.17, 15) is 13.2 Å². The van der Waals surface area contributed by atoms with Crippen LogP contribution in [0.4, 0.5) is 0 Å². The van der Waals surface area contributed by atoms with E-state index < -0.39 is 10.0 Å². The van der Waals surface area contributed by atoms with Crippen molar-refractivity contribution < 1.29 is 17.9 Å². The van der Waals surface area contributed by atoms with E-state index in [0.717, 1.165) is 12.8 Å². The molecule has 1 aliphatic rings. The molecule has 1 aromatic rings. The summed E-state index contributed by atoms with van der Waals surface area (Å²) in [5.41, 5.74) is 0.114. The number of methoxy groups -OCH3 is 1. The van der Waals surface area contributed by atoms with Gasteiger partial charge in [-0.1, -0.05) is 11.6 Å². The first kappa shape index (κ1) is 16.1. The highest BCUT2D eigenvalue weighted by molar-refractivity contribution is 7.89. The molecular formula is C13H17ClN2O4S. The number of hydrogen-bond donors (Lipinski definition) is 1.